The van der Waals surface area contributed by atoms with Crippen LogP contribution in [0.4, 0.5) is 0 Å². The number of nitrogens with two attached hydrogens (primary N) is 1. The maximum Gasteiger partial charge on any atom is 0.0346 e. The van der Waals surface area contributed by atoms with Crippen molar-refractivity contribution in [1.29, 1.82) is 0 Å². The molecule has 2 N–H and O–H groups in total. The van der Waals surface area contributed by atoms with E-state index in [2.05, 4.69) is 64.5 Å². The first-order valence-corrected chi connectivity index (χ1v) is 7.21. The molecule has 84 valence electrons. The van der Waals surface area contributed by atoms with Crippen LogP contribution in [0.25, 0.3) is 0 Å². The Morgan fingerprint density at radius 1 is 1.25 bits per heavy atom. The molecule has 0 saturated carbocycles. The van der Waals surface area contributed by atoms with Gasteiger partial charge in [0.2, 0.25) is 0 Å². The third-order valence-electron chi connectivity index (χ3n) is 2.66. The monoisotopic (exact) mass is 343 g/mol. The highest BCUT2D eigenvalue weighted by molar-refractivity contribution is 14.1. The van der Waals surface area contributed by atoms with Crippen LogP contribution in [0.1, 0.15) is 22.7 Å². The predicted molar refractivity (Wildman–Crippen MR) is 78.8 cm³/mol. The lowest BCUT2D eigenvalue weighted by molar-refractivity contribution is 0.720. The zero-order chi connectivity index (χ0) is 11.5. The fourth-order valence-corrected chi connectivity index (χ4v) is 3.01. The second kappa shape index (κ2) is 5.29. The minimum atomic E-state index is 0.117. The molecule has 0 saturated heterocycles. The molecule has 0 bridgehead atoms. The highest BCUT2D eigenvalue weighted by atomic mass is 127. The van der Waals surface area contributed by atoms with E-state index in [9.17, 15) is 0 Å². The van der Waals surface area contributed by atoms with Crippen LogP contribution in [0.3, 0.4) is 0 Å². The first-order valence-electron chi connectivity index (χ1n) is 5.19. The summed E-state index contributed by atoms with van der Waals surface area (Å²) in [7, 11) is 0. The molecule has 0 amide bonds. The summed E-state index contributed by atoms with van der Waals surface area (Å²) in [4.78, 5) is 0. The zero-order valence-corrected chi connectivity index (χ0v) is 12.1. The number of hydrogen-bond acceptors (Lipinski definition) is 2. The molecule has 16 heavy (non-hydrogen) atoms. The summed E-state index contributed by atoms with van der Waals surface area (Å²) in [5.41, 5.74) is 10.1. The number of thiophene rings is 1. The number of aryl methyl sites for hydroxylation is 1. The van der Waals surface area contributed by atoms with Gasteiger partial charge in [-0.2, -0.15) is 11.3 Å². The molecule has 1 atom stereocenters. The molecule has 1 nitrogen and oxygen atoms in total. The van der Waals surface area contributed by atoms with Crippen LogP contribution >= 0.6 is 33.9 Å². The van der Waals surface area contributed by atoms with Crippen LogP contribution in [0.5, 0.6) is 0 Å². The van der Waals surface area contributed by atoms with Gasteiger partial charge in [0, 0.05) is 9.61 Å². The van der Waals surface area contributed by atoms with Gasteiger partial charge in [-0.1, -0.05) is 12.1 Å². The second-order valence-corrected chi connectivity index (χ2v) is 5.94. The van der Waals surface area contributed by atoms with Crippen LogP contribution in [0.15, 0.2) is 35.0 Å². The van der Waals surface area contributed by atoms with Gasteiger partial charge >= 0.3 is 0 Å². The summed E-state index contributed by atoms with van der Waals surface area (Å²) in [5.74, 6) is 0. The Kier molecular flexibility index (Phi) is 4.00. The van der Waals surface area contributed by atoms with Gasteiger partial charge in [0.1, 0.15) is 0 Å². The van der Waals surface area contributed by atoms with Gasteiger partial charge in [0.25, 0.3) is 0 Å². The van der Waals surface area contributed by atoms with E-state index in [0.29, 0.717) is 0 Å². The molecule has 1 aromatic carbocycles. The van der Waals surface area contributed by atoms with Crippen molar-refractivity contribution in [3.63, 3.8) is 0 Å². The maximum absolute atomic E-state index is 6.22. The molecule has 1 aromatic heterocycles. The topological polar surface area (TPSA) is 26.0 Å². The Morgan fingerprint density at radius 2 is 1.94 bits per heavy atom. The average Bonchev–Trinajstić information content (AvgIpc) is 2.68. The summed E-state index contributed by atoms with van der Waals surface area (Å²) < 4.78 is 1.27. The van der Waals surface area contributed by atoms with E-state index in [4.69, 9.17) is 5.73 Å². The molecular weight excluding hydrogens is 329 g/mol. The van der Waals surface area contributed by atoms with Crippen LogP contribution in [0, 0.1) is 10.5 Å². The fraction of sp³-hybridized carbons (Fsp3) is 0.231. The molecule has 1 unspecified atom stereocenters. The van der Waals surface area contributed by atoms with Gasteiger partial charge < -0.3 is 5.73 Å². The van der Waals surface area contributed by atoms with Gasteiger partial charge in [-0.3, -0.25) is 0 Å². The van der Waals surface area contributed by atoms with E-state index in [-0.39, 0.29) is 6.04 Å². The largest absolute Gasteiger partial charge is 0.324 e. The van der Waals surface area contributed by atoms with Crippen molar-refractivity contribution < 1.29 is 0 Å². The zero-order valence-electron chi connectivity index (χ0n) is 9.11. The first kappa shape index (κ1) is 12.1. The van der Waals surface area contributed by atoms with Crippen LogP contribution in [-0.2, 0) is 6.42 Å². The van der Waals surface area contributed by atoms with Crippen molar-refractivity contribution in [2.24, 2.45) is 5.73 Å². The lowest BCUT2D eigenvalue weighted by atomic mass is 10.00. The summed E-state index contributed by atoms with van der Waals surface area (Å²) >= 11 is 4.04. The summed E-state index contributed by atoms with van der Waals surface area (Å²) in [5, 5.41) is 4.32. The van der Waals surface area contributed by atoms with Gasteiger partial charge in [0.05, 0.1) is 0 Å². The lowest BCUT2D eigenvalue weighted by Gasteiger charge is -2.11. The Morgan fingerprint density at radius 3 is 2.50 bits per heavy atom. The highest BCUT2D eigenvalue weighted by Crippen LogP contribution is 2.23. The Hall–Kier alpha value is -0.390. The van der Waals surface area contributed by atoms with Crippen LogP contribution in [-0.4, -0.2) is 0 Å². The smallest absolute Gasteiger partial charge is 0.0346 e. The average molecular weight is 343 g/mol. The molecule has 0 spiro atoms. The maximum atomic E-state index is 6.22. The van der Waals surface area contributed by atoms with Crippen molar-refractivity contribution in [3.05, 3.63) is 55.3 Å². The molecule has 0 aliphatic carbocycles. The first-order chi connectivity index (χ1) is 7.66. The molecular formula is C13H14INS. The number of hydrogen-bond donors (Lipinski definition) is 1. The molecule has 0 aliphatic rings. The van der Waals surface area contributed by atoms with Crippen molar-refractivity contribution in [3.8, 4) is 0 Å². The second-order valence-electron chi connectivity index (χ2n) is 3.95. The van der Waals surface area contributed by atoms with E-state index in [1.165, 1.54) is 20.3 Å². The standard InChI is InChI=1S/C13H14INS/c1-9-7-16-8-12(9)13(15)6-10-2-4-11(14)5-3-10/h2-5,7-8,13H,6,15H2,1H3. The minimum Gasteiger partial charge on any atom is -0.324 e. The van der Waals surface area contributed by atoms with E-state index < -0.39 is 0 Å². The van der Waals surface area contributed by atoms with Gasteiger partial charge in [-0.25, -0.2) is 0 Å². The molecule has 2 rings (SSSR count). The number of benzene rings is 1. The molecule has 3 heteroatoms. The number of halogens is 1. The molecule has 0 fully saturated rings. The van der Waals surface area contributed by atoms with Gasteiger partial charge in [-0.05, 0) is 75.5 Å². The lowest BCUT2D eigenvalue weighted by Crippen LogP contribution is -2.13. The summed E-state index contributed by atoms with van der Waals surface area (Å²) in [6.07, 6.45) is 0.911. The molecule has 0 radical (unpaired) electrons. The van der Waals surface area contributed by atoms with Crippen molar-refractivity contribution in [1.82, 2.24) is 0 Å². The number of rotatable bonds is 3. The van der Waals surface area contributed by atoms with E-state index in [1.807, 2.05) is 0 Å². The van der Waals surface area contributed by atoms with Crippen molar-refractivity contribution in [2.45, 2.75) is 19.4 Å². The van der Waals surface area contributed by atoms with Gasteiger partial charge in [-0.15, -0.1) is 0 Å². The Labute approximate surface area is 114 Å². The Balaban J connectivity index is 2.10. The molecule has 0 aliphatic heterocycles. The Bertz CT molecular complexity index is 461. The minimum absolute atomic E-state index is 0.117. The highest BCUT2D eigenvalue weighted by Gasteiger charge is 2.10. The summed E-state index contributed by atoms with van der Waals surface area (Å²) in [6, 6.07) is 8.69. The predicted octanol–water partition coefficient (Wildman–Crippen LogP) is 3.90. The quantitative estimate of drug-likeness (QED) is 0.841. The van der Waals surface area contributed by atoms with Crippen LogP contribution in [0.2, 0.25) is 0 Å². The normalized spacial score (nSPS) is 12.7. The van der Waals surface area contributed by atoms with E-state index in [0.717, 1.165) is 6.42 Å². The van der Waals surface area contributed by atoms with Crippen molar-refractivity contribution in [2.75, 3.05) is 0 Å². The van der Waals surface area contributed by atoms with E-state index in [1.54, 1.807) is 11.3 Å². The van der Waals surface area contributed by atoms with Gasteiger partial charge in [0.15, 0.2) is 0 Å². The van der Waals surface area contributed by atoms with Crippen molar-refractivity contribution >= 4 is 33.9 Å². The van der Waals surface area contributed by atoms with E-state index >= 15 is 0 Å². The molecule has 2 aromatic rings. The third kappa shape index (κ3) is 2.84. The fourth-order valence-electron chi connectivity index (χ4n) is 1.73. The third-order valence-corrected chi connectivity index (χ3v) is 4.26. The molecule has 1 heterocycles. The summed E-state index contributed by atoms with van der Waals surface area (Å²) in [6.45, 7) is 2.12. The van der Waals surface area contributed by atoms with Crippen LogP contribution < -0.4 is 5.73 Å². The SMILES string of the molecule is Cc1cscc1C(N)Cc1ccc(I)cc1.